The molecule has 0 saturated carbocycles. The average Bonchev–Trinajstić information content (AvgIpc) is 2.70. The van der Waals surface area contributed by atoms with Crippen LogP contribution >= 0.6 is 0 Å². The van der Waals surface area contributed by atoms with Gasteiger partial charge in [0, 0.05) is 19.6 Å². The molecule has 0 atom stereocenters. The molecule has 20 heavy (non-hydrogen) atoms. The molecular weight excluding hydrogens is 286 g/mol. The van der Waals surface area contributed by atoms with Crippen molar-refractivity contribution >= 4 is 10.0 Å². The van der Waals surface area contributed by atoms with E-state index in [1.807, 2.05) is 0 Å². The number of sulfonamides is 1. The molecule has 0 unspecified atom stereocenters. The van der Waals surface area contributed by atoms with Crippen LogP contribution in [0.15, 0.2) is 17.0 Å². The molecule has 0 spiro atoms. The number of nitrogens with two attached hydrogens (primary N) is 1. The predicted molar refractivity (Wildman–Crippen MR) is 71.5 cm³/mol. The van der Waals surface area contributed by atoms with Crippen LogP contribution < -0.4 is 5.73 Å². The lowest BCUT2D eigenvalue weighted by atomic mass is 10.2. The van der Waals surface area contributed by atoms with E-state index in [0.29, 0.717) is 13.1 Å². The third-order valence-electron chi connectivity index (χ3n) is 3.47. The largest absolute Gasteiger partial charge is 0.326 e. The molecule has 0 amide bonds. The van der Waals surface area contributed by atoms with E-state index in [4.69, 9.17) is 5.73 Å². The summed E-state index contributed by atoms with van der Waals surface area (Å²) in [5, 5.41) is 0. The summed E-state index contributed by atoms with van der Waals surface area (Å²) >= 11 is 0. The molecule has 2 N–H and O–H groups in total. The molecule has 4 nitrogen and oxygen atoms in total. The molecular formula is C13H18F2N2O2S. The molecule has 0 aliphatic carbocycles. The Kier molecular flexibility index (Phi) is 4.72. The lowest BCUT2D eigenvalue weighted by Gasteiger charge is -2.20. The van der Waals surface area contributed by atoms with E-state index in [1.54, 1.807) is 0 Å². The second kappa shape index (κ2) is 6.15. The molecule has 1 aromatic rings. The number of nitrogens with zero attached hydrogens (tertiary/aromatic N) is 1. The lowest BCUT2D eigenvalue weighted by molar-refractivity contribution is 0.414. The van der Waals surface area contributed by atoms with Gasteiger partial charge in [-0.2, -0.15) is 4.31 Å². The molecule has 2 rings (SSSR count). The Bertz CT molecular complexity index is 582. The highest BCUT2D eigenvalue weighted by molar-refractivity contribution is 7.89. The Hall–Kier alpha value is -1.05. The molecule has 0 bridgehead atoms. The summed E-state index contributed by atoms with van der Waals surface area (Å²) in [5.74, 6) is -2.51. The van der Waals surface area contributed by atoms with E-state index in [-0.39, 0.29) is 12.1 Å². The highest BCUT2D eigenvalue weighted by Gasteiger charge is 2.29. The fourth-order valence-electron chi connectivity index (χ4n) is 2.34. The Morgan fingerprint density at radius 3 is 2.25 bits per heavy atom. The van der Waals surface area contributed by atoms with E-state index in [0.717, 1.165) is 37.8 Å². The van der Waals surface area contributed by atoms with Crippen molar-refractivity contribution in [3.8, 4) is 0 Å². The van der Waals surface area contributed by atoms with Crippen molar-refractivity contribution in [3.05, 3.63) is 29.3 Å². The molecule has 1 fully saturated rings. The van der Waals surface area contributed by atoms with Gasteiger partial charge in [-0.15, -0.1) is 0 Å². The number of halogens is 2. The Morgan fingerprint density at radius 2 is 1.70 bits per heavy atom. The molecule has 7 heteroatoms. The first kappa shape index (κ1) is 15.3. The minimum atomic E-state index is -4.01. The van der Waals surface area contributed by atoms with E-state index < -0.39 is 26.6 Å². The number of rotatable bonds is 3. The zero-order valence-electron chi connectivity index (χ0n) is 11.1. The number of hydrogen-bond donors (Lipinski definition) is 1. The molecule has 1 aromatic carbocycles. The summed E-state index contributed by atoms with van der Waals surface area (Å²) in [6.07, 6.45) is 3.37. The highest BCUT2D eigenvalue weighted by Crippen LogP contribution is 2.25. The van der Waals surface area contributed by atoms with Crippen LogP contribution in [0.1, 0.15) is 31.2 Å². The standard InChI is InChI=1S/C13H18F2N2O2S/c14-11-7-10(9-16)8-12(13(11)15)20(18,19)17-5-3-1-2-4-6-17/h7-8H,1-6,9,16H2. The fourth-order valence-corrected chi connectivity index (χ4v) is 3.99. The lowest BCUT2D eigenvalue weighted by Crippen LogP contribution is -2.32. The van der Waals surface area contributed by atoms with Crippen molar-refractivity contribution in [2.45, 2.75) is 37.1 Å². The van der Waals surface area contributed by atoms with Crippen molar-refractivity contribution in [3.63, 3.8) is 0 Å². The maximum Gasteiger partial charge on any atom is 0.246 e. The van der Waals surface area contributed by atoms with Crippen molar-refractivity contribution in [2.75, 3.05) is 13.1 Å². The van der Waals surface area contributed by atoms with Crippen LogP contribution in [-0.2, 0) is 16.6 Å². The van der Waals surface area contributed by atoms with Gasteiger partial charge in [0.25, 0.3) is 0 Å². The van der Waals surface area contributed by atoms with Gasteiger partial charge in [0.2, 0.25) is 10.0 Å². The van der Waals surface area contributed by atoms with Crippen molar-refractivity contribution in [2.24, 2.45) is 5.73 Å². The number of hydrogen-bond acceptors (Lipinski definition) is 3. The predicted octanol–water partition coefficient (Wildman–Crippen LogP) is 1.99. The molecule has 112 valence electrons. The Morgan fingerprint density at radius 1 is 1.10 bits per heavy atom. The summed E-state index contributed by atoms with van der Waals surface area (Å²) in [6, 6.07) is 2.05. The van der Waals surface area contributed by atoms with E-state index in [1.165, 1.54) is 4.31 Å². The fraction of sp³-hybridized carbons (Fsp3) is 0.538. The van der Waals surface area contributed by atoms with Gasteiger partial charge in [-0.25, -0.2) is 17.2 Å². The maximum atomic E-state index is 13.8. The van der Waals surface area contributed by atoms with Crippen molar-refractivity contribution < 1.29 is 17.2 Å². The summed E-state index contributed by atoms with van der Waals surface area (Å²) in [4.78, 5) is -0.611. The third-order valence-corrected chi connectivity index (χ3v) is 5.37. The van der Waals surface area contributed by atoms with Gasteiger partial charge in [-0.3, -0.25) is 0 Å². The molecule has 1 heterocycles. The van der Waals surface area contributed by atoms with Crippen molar-refractivity contribution in [1.82, 2.24) is 4.31 Å². The van der Waals surface area contributed by atoms with E-state index in [2.05, 4.69) is 0 Å². The molecule has 1 aliphatic heterocycles. The van der Waals surface area contributed by atoms with Crippen LogP contribution in [0.3, 0.4) is 0 Å². The second-order valence-electron chi connectivity index (χ2n) is 4.91. The van der Waals surface area contributed by atoms with Crippen LogP contribution in [0.25, 0.3) is 0 Å². The first-order valence-corrected chi connectivity index (χ1v) is 8.09. The van der Waals surface area contributed by atoms with E-state index in [9.17, 15) is 17.2 Å². The van der Waals surface area contributed by atoms with Gasteiger partial charge in [0.1, 0.15) is 4.90 Å². The topological polar surface area (TPSA) is 63.4 Å². The quantitative estimate of drug-likeness (QED) is 0.929. The van der Waals surface area contributed by atoms with Gasteiger partial charge in [0.05, 0.1) is 0 Å². The zero-order valence-corrected chi connectivity index (χ0v) is 11.9. The number of benzene rings is 1. The maximum absolute atomic E-state index is 13.8. The first-order valence-electron chi connectivity index (χ1n) is 6.65. The molecule has 0 aromatic heterocycles. The Labute approximate surface area is 117 Å². The normalized spacial score (nSPS) is 17.9. The summed E-state index contributed by atoms with van der Waals surface area (Å²) in [6.45, 7) is 0.645. The molecule has 0 radical (unpaired) electrons. The first-order chi connectivity index (χ1) is 9.46. The van der Waals surface area contributed by atoms with E-state index >= 15 is 0 Å². The summed E-state index contributed by atoms with van der Waals surface area (Å²) in [7, 11) is -4.01. The van der Waals surface area contributed by atoms with Crippen LogP contribution in [-0.4, -0.2) is 25.8 Å². The highest BCUT2D eigenvalue weighted by atomic mass is 32.2. The van der Waals surface area contributed by atoms with Crippen LogP contribution in [0.2, 0.25) is 0 Å². The van der Waals surface area contributed by atoms with Crippen LogP contribution in [0.4, 0.5) is 8.78 Å². The summed E-state index contributed by atoms with van der Waals surface area (Å²) in [5.41, 5.74) is 5.65. The molecule has 1 saturated heterocycles. The van der Waals surface area contributed by atoms with Crippen molar-refractivity contribution in [1.29, 1.82) is 0 Å². The Balaban J connectivity index is 2.45. The van der Waals surface area contributed by atoms with Gasteiger partial charge in [-0.1, -0.05) is 12.8 Å². The SMILES string of the molecule is NCc1cc(F)c(F)c(S(=O)(=O)N2CCCCCC2)c1. The van der Waals surface area contributed by atoms with Gasteiger partial charge in [-0.05, 0) is 30.5 Å². The van der Waals surface area contributed by atoms with Gasteiger partial charge < -0.3 is 5.73 Å². The third kappa shape index (κ3) is 2.99. The van der Waals surface area contributed by atoms with Crippen LogP contribution in [0.5, 0.6) is 0 Å². The minimum Gasteiger partial charge on any atom is -0.326 e. The monoisotopic (exact) mass is 304 g/mol. The average molecular weight is 304 g/mol. The van der Waals surface area contributed by atoms with Gasteiger partial charge in [0.15, 0.2) is 11.6 Å². The molecule has 1 aliphatic rings. The van der Waals surface area contributed by atoms with Crippen LogP contribution in [0, 0.1) is 11.6 Å². The smallest absolute Gasteiger partial charge is 0.246 e. The van der Waals surface area contributed by atoms with Gasteiger partial charge >= 0.3 is 0 Å². The minimum absolute atomic E-state index is 0.0419. The second-order valence-corrected chi connectivity index (χ2v) is 6.82. The summed E-state index contributed by atoms with van der Waals surface area (Å²) < 4.78 is 53.5. The zero-order chi connectivity index (χ0) is 14.8.